The van der Waals surface area contributed by atoms with E-state index in [0.29, 0.717) is 0 Å². The first-order chi connectivity index (χ1) is 5.64. The van der Waals surface area contributed by atoms with Gasteiger partial charge in [-0.3, -0.25) is 0 Å². The highest BCUT2D eigenvalue weighted by molar-refractivity contribution is 14.1. The van der Waals surface area contributed by atoms with E-state index in [1.807, 2.05) is 0 Å². The minimum absolute atomic E-state index is 0.220. The maximum absolute atomic E-state index is 5.44. The third kappa shape index (κ3) is 3.72. The molecule has 1 atom stereocenters. The monoisotopic (exact) mass is 302 g/mol. The minimum atomic E-state index is -0.315. The van der Waals surface area contributed by atoms with Crippen LogP contribution in [0.1, 0.15) is 26.7 Å². The van der Waals surface area contributed by atoms with Crippen LogP contribution < -0.4 is 0 Å². The number of methoxy groups -OCH3 is 2. The van der Waals surface area contributed by atoms with Crippen LogP contribution in [-0.2, 0) is 9.47 Å². The molecular formula is C8H19IO2Si. The fourth-order valence-electron chi connectivity index (χ4n) is 1.16. The third-order valence-corrected chi connectivity index (χ3v) is 7.18. The van der Waals surface area contributed by atoms with E-state index in [0.717, 1.165) is 9.97 Å². The summed E-state index contributed by atoms with van der Waals surface area (Å²) in [7, 11) is 3.18. The molecule has 0 aliphatic heterocycles. The average Bonchev–Trinajstić information content (AvgIpc) is 2.14. The number of rotatable bonds is 6. The Morgan fingerprint density at radius 1 is 1.33 bits per heavy atom. The molecule has 0 saturated carbocycles. The van der Waals surface area contributed by atoms with Crippen molar-refractivity contribution in [2.45, 2.75) is 35.6 Å². The Labute approximate surface area is 91.4 Å². The summed E-state index contributed by atoms with van der Waals surface area (Å²) < 4.78 is 11.7. The summed E-state index contributed by atoms with van der Waals surface area (Å²) in [6.45, 7) is 4.34. The predicted molar refractivity (Wildman–Crippen MR) is 63.7 cm³/mol. The Balaban J connectivity index is 4.09. The third-order valence-electron chi connectivity index (χ3n) is 2.26. The van der Waals surface area contributed by atoms with Gasteiger partial charge in [-0.1, -0.05) is 36.4 Å². The molecule has 0 aliphatic carbocycles. The van der Waals surface area contributed by atoms with Crippen molar-refractivity contribution in [2.75, 3.05) is 14.2 Å². The summed E-state index contributed by atoms with van der Waals surface area (Å²) in [5.41, 5.74) is -0.220. The Kier molecular flexibility index (Phi) is 6.80. The van der Waals surface area contributed by atoms with Crippen LogP contribution in [0.15, 0.2) is 0 Å². The van der Waals surface area contributed by atoms with Gasteiger partial charge in [0.2, 0.25) is 0 Å². The average molecular weight is 302 g/mol. The Morgan fingerprint density at radius 2 is 1.83 bits per heavy atom. The molecular weight excluding hydrogens is 283 g/mol. The molecule has 0 spiro atoms. The van der Waals surface area contributed by atoms with E-state index >= 15 is 0 Å². The van der Waals surface area contributed by atoms with Crippen molar-refractivity contribution in [1.82, 2.24) is 0 Å². The first-order valence-electron chi connectivity index (χ1n) is 4.38. The van der Waals surface area contributed by atoms with Crippen LogP contribution >= 0.6 is 22.6 Å². The molecule has 0 aromatic heterocycles. The van der Waals surface area contributed by atoms with Crippen molar-refractivity contribution in [3.8, 4) is 0 Å². The van der Waals surface area contributed by atoms with E-state index in [1.54, 1.807) is 14.2 Å². The highest BCUT2D eigenvalue weighted by Crippen LogP contribution is 2.19. The minimum Gasteiger partial charge on any atom is -0.358 e. The van der Waals surface area contributed by atoms with Crippen molar-refractivity contribution >= 4 is 32.1 Å². The first-order valence-corrected chi connectivity index (χ1v) is 7.15. The van der Waals surface area contributed by atoms with Gasteiger partial charge in [0, 0.05) is 17.8 Å². The lowest BCUT2D eigenvalue weighted by Gasteiger charge is -2.31. The molecule has 0 aromatic rings. The van der Waals surface area contributed by atoms with Gasteiger partial charge in [0.05, 0.1) is 0 Å². The number of hydrogen-bond donors (Lipinski definition) is 0. The molecule has 0 aromatic carbocycles. The van der Waals surface area contributed by atoms with Crippen molar-refractivity contribution in [2.24, 2.45) is 0 Å². The second-order valence-corrected chi connectivity index (χ2v) is 8.78. The van der Waals surface area contributed by atoms with Crippen molar-refractivity contribution in [3.05, 3.63) is 0 Å². The molecule has 0 saturated heterocycles. The molecule has 12 heavy (non-hydrogen) atoms. The van der Waals surface area contributed by atoms with Gasteiger partial charge in [0.25, 0.3) is 0 Å². The molecule has 4 heteroatoms. The zero-order valence-corrected chi connectivity index (χ0v) is 12.0. The van der Waals surface area contributed by atoms with Gasteiger partial charge < -0.3 is 9.47 Å². The van der Waals surface area contributed by atoms with Crippen molar-refractivity contribution in [1.29, 1.82) is 0 Å². The molecule has 0 rings (SSSR count). The van der Waals surface area contributed by atoms with Gasteiger partial charge >= 0.3 is 0 Å². The summed E-state index contributed by atoms with van der Waals surface area (Å²) in [6.07, 6.45) is 2.19. The molecule has 1 unspecified atom stereocenters. The lowest BCUT2D eigenvalue weighted by Crippen LogP contribution is -2.43. The fraction of sp³-hybridized carbons (Fsp3) is 1.00. The standard InChI is InChI=1S/C8H19IO2Si/c1-5-7(9)12-8(6-2,10-3)11-4/h7H,5-6,12H2,1-4H3. The lowest BCUT2D eigenvalue weighted by molar-refractivity contribution is -0.146. The maximum Gasteiger partial charge on any atom is 0.145 e. The smallest absolute Gasteiger partial charge is 0.145 e. The summed E-state index contributed by atoms with van der Waals surface area (Å²) in [4.78, 5) is 0. The van der Waals surface area contributed by atoms with E-state index in [1.165, 1.54) is 6.42 Å². The summed E-state index contributed by atoms with van der Waals surface area (Å²) in [5, 5.41) is 0. The second-order valence-electron chi connectivity index (χ2n) is 2.88. The van der Waals surface area contributed by atoms with Crippen LogP contribution in [-0.4, -0.2) is 32.7 Å². The van der Waals surface area contributed by atoms with Gasteiger partial charge in [-0.05, 0) is 12.8 Å². The van der Waals surface area contributed by atoms with Crippen molar-refractivity contribution in [3.63, 3.8) is 0 Å². The van der Waals surface area contributed by atoms with Crippen LogP contribution in [0.25, 0.3) is 0 Å². The second kappa shape index (κ2) is 6.34. The molecule has 2 nitrogen and oxygen atoms in total. The number of hydrogen-bond acceptors (Lipinski definition) is 2. The normalized spacial score (nSPS) is 15.8. The largest absolute Gasteiger partial charge is 0.358 e. The van der Waals surface area contributed by atoms with Crippen LogP contribution in [0, 0.1) is 0 Å². The highest BCUT2D eigenvalue weighted by Gasteiger charge is 2.29. The van der Waals surface area contributed by atoms with E-state index in [2.05, 4.69) is 36.4 Å². The Bertz CT molecular complexity index is 109. The number of alkyl halides is 1. The van der Waals surface area contributed by atoms with Gasteiger partial charge in [0.15, 0.2) is 0 Å². The molecule has 0 fully saturated rings. The highest BCUT2D eigenvalue weighted by atomic mass is 127. The van der Waals surface area contributed by atoms with E-state index < -0.39 is 0 Å². The predicted octanol–water partition coefficient (Wildman–Crippen LogP) is 1.68. The maximum atomic E-state index is 5.44. The first kappa shape index (κ1) is 12.9. The SMILES string of the molecule is CCC(I)[SiH2]C(CC)(OC)OC. The molecule has 0 amide bonds. The lowest BCUT2D eigenvalue weighted by atomic mass is 10.5. The van der Waals surface area contributed by atoms with E-state index in [4.69, 9.17) is 9.47 Å². The summed E-state index contributed by atoms with van der Waals surface area (Å²) in [5.74, 6) is 0. The molecule has 0 radical (unpaired) electrons. The van der Waals surface area contributed by atoms with Crippen LogP contribution in [0.5, 0.6) is 0 Å². The quantitative estimate of drug-likeness (QED) is 0.322. The molecule has 74 valence electrons. The van der Waals surface area contributed by atoms with Crippen LogP contribution in [0.4, 0.5) is 0 Å². The summed E-state index contributed by atoms with van der Waals surface area (Å²) >= 11 is 2.50. The number of halogens is 1. The zero-order valence-electron chi connectivity index (χ0n) is 8.39. The van der Waals surface area contributed by atoms with Gasteiger partial charge in [-0.2, -0.15) is 0 Å². The Hall–Kier alpha value is 0.867. The van der Waals surface area contributed by atoms with Crippen molar-refractivity contribution < 1.29 is 9.47 Å². The fourth-order valence-corrected chi connectivity index (χ4v) is 4.76. The topological polar surface area (TPSA) is 18.5 Å². The van der Waals surface area contributed by atoms with Crippen LogP contribution in [0.2, 0.25) is 0 Å². The molecule has 0 N–H and O–H groups in total. The van der Waals surface area contributed by atoms with Gasteiger partial charge in [-0.15, -0.1) is 0 Å². The van der Waals surface area contributed by atoms with Gasteiger partial charge in [-0.25, -0.2) is 0 Å². The van der Waals surface area contributed by atoms with Crippen LogP contribution in [0.3, 0.4) is 0 Å². The molecule has 0 aliphatic rings. The summed E-state index contributed by atoms with van der Waals surface area (Å²) in [6, 6.07) is 0. The Morgan fingerprint density at radius 3 is 2.08 bits per heavy atom. The zero-order chi connectivity index (χ0) is 9.61. The molecule has 0 bridgehead atoms. The van der Waals surface area contributed by atoms with Gasteiger partial charge in [0.1, 0.15) is 14.9 Å². The van der Waals surface area contributed by atoms with E-state index in [9.17, 15) is 0 Å². The van der Waals surface area contributed by atoms with E-state index in [-0.39, 0.29) is 14.9 Å². The molecule has 0 heterocycles. The number of ether oxygens (including phenoxy) is 2.